The van der Waals surface area contributed by atoms with E-state index in [0.29, 0.717) is 30.0 Å². The van der Waals surface area contributed by atoms with Crippen molar-refractivity contribution in [1.29, 1.82) is 0 Å². The van der Waals surface area contributed by atoms with E-state index in [2.05, 4.69) is 5.32 Å². The summed E-state index contributed by atoms with van der Waals surface area (Å²) in [6.45, 7) is 4.94. The molecule has 3 heterocycles. The molecular formula is C44H41F3N4O7. The van der Waals surface area contributed by atoms with E-state index in [1.165, 1.54) is 24.0 Å². The molecule has 300 valence electrons. The van der Waals surface area contributed by atoms with Gasteiger partial charge in [-0.2, -0.15) is 13.2 Å². The first kappa shape index (κ1) is 39.9. The zero-order chi connectivity index (χ0) is 41.5. The molecule has 0 aromatic heterocycles. The van der Waals surface area contributed by atoms with E-state index in [1.54, 1.807) is 50.2 Å². The van der Waals surface area contributed by atoms with Gasteiger partial charge in [0.15, 0.2) is 0 Å². The van der Waals surface area contributed by atoms with Crippen LogP contribution in [0.2, 0.25) is 0 Å². The Balaban J connectivity index is 0.892. The monoisotopic (exact) mass is 794 g/mol. The highest BCUT2D eigenvalue weighted by Crippen LogP contribution is 2.40. The summed E-state index contributed by atoms with van der Waals surface area (Å²) >= 11 is 0. The number of benzene rings is 4. The highest BCUT2D eigenvalue weighted by atomic mass is 19.4. The first-order chi connectivity index (χ1) is 27.6. The number of hydrogen-bond acceptors (Lipinski definition) is 7. The molecule has 0 spiro atoms. The molecule has 2 saturated heterocycles. The molecule has 3 aliphatic heterocycles. The van der Waals surface area contributed by atoms with Gasteiger partial charge in [0, 0.05) is 12.1 Å². The van der Waals surface area contributed by atoms with Crippen LogP contribution >= 0.6 is 0 Å². The van der Waals surface area contributed by atoms with Crippen LogP contribution in [0.25, 0.3) is 11.1 Å². The third kappa shape index (κ3) is 7.46. The van der Waals surface area contributed by atoms with E-state index in [4.69, 9.17) is 4.74 Å². The minimum absolute atomic E-state index is 0.0110. The molecule has 4 aromatic carbocycles. The number of urea groups is 1. The molecule has 58 heavy (non-hydrogen) atoms. The third-order valence-corrected chi connectivity index (χ3v) is 10.9. The van der Waals surface area contributed by atoms with E-state index in [0.717, 1.165) is 58.2 Å². The van der Waals surface area contributed by atoms with Crippen molar-refractivity contribution in [2.45, 2.75) is 83.5 Å². The normalized spacial score (nSPS) is 18.0. The predicted octanol–water partition coefficient (Wildman–Crippen LogP) is 8.02. The van der Waals surface area contributed by atoms with Gasteiger partial charge in [-0.05, 0) is 111 Å². The molecule has 0 saturated carbocycles. The highest BCUT2D eigenvalue weighted by molar-refractivity contribution is 6.30. The predicted molar refractivity (Wildman–Crippen MR) is 208 cm³/mol. The number of unbranched alkanes of at least 4 members (excludes halogenated alkanes) is 3. The number of piperidine rings is 1. The Kier molecular flexibility index (Phi) is 10.7. The number of carbonyl (C=O) groups is 6. The van der Waals surface area contributed by atoms with Crippen molar-refractivity contribution in [1.82, 2.24) is 10.2 Å². The lowest BCUT2D eigenvalue weighted by atomic mass is 9.98. The van der Waals surface area contributed by atoms with Crippen LogP contribution in [0, 0.1) is 6.92 Å². The van der Waals surface area contributed by atoms with Crippen LogP contribution in [0.4, 0.5) is 29.3 Å². The Hall–Kier alpha value is -6.31. The van der Waals surface area contributed by atoms with Crippen molar-refractivity contribution in [2.75, 3.05) is 16.4 Å². The van der Waals surface area contributed by atoms with Crippen molar-refractivity contribution in [2.24, 2.45) is 0 Å². The summed E-state index contributed by atoms with van der Waals surface area (Å²) in [5, 5.41) is 2.22. The largest absolute Gasteiger partial charge is 0.494 e. The van der Waals surface area contributed by atoms with Crippen LogP contribution in [0.5, 0.6) is 5.75 Å². The number of fused-ring (bicyclic) bond motifs is 1. The number of imide groups is 3. The van der Waals surface area contributed by atoms with E-state index in [9.17, 15) is 41.9 Å². The Labute approximate surface area is 332 Å². The van der Waals surface area contributed by atoms with Gasteiger partial charge in [-0.25, -0.2) is 9.69 Å². The van der Waals surface area contributed by atoms with Gasteiger partial charge < -0.3 is 4.74 Å². The second-order valence-electron chi connectivity index (χ2n) is 15.2. The lowest BCUT2D eigenvalue weighted by molar-refractivity contribution is -0.138. The summed E-state index contributed by atoms with van der Waals surface area (Å²) in [7, 11) is 0. The molecule has 0 radical (unpaired) electrons. The summed E-state index contributed by atoms with van der Waals surface area (Å²) in [4.78, 5) is 80.5. The zero-order valence-electron chi connectivity index (χ0n) is 32.2. The number of carbonyl (C=O) groups excluding carboxylic acids is 6. The Bertz CT molecular complexity index is 2320. The van der Waals surface area contributed by atoms with Crippen molar-refractivity contribution < 1.29 is 46.7 Å². The SMILES string of the molecule is Cc1ccc(N2C(=O)N(c3ccc(-c4ccc(OCCCCCCc5cccc6c5C(=O)N(C5CCC(=O)NC5=O)C6=O)cc4)cc3)C(C)(C)C2=O)cc1C(F)(F)F. The van der Waals surface area contributed by atoms with Crippen molar-refractivity contribution in [3.05, 3.63) is 113 Å². The van der Waals surface area contributed by atoms with Crippen molar-refractivity contribution >= 4 is 46.9 Å². The average Bonchev–Trinajstić information content (AvgIpc) is 3.54. The molecule has 0 aliphatic carbocycles. The second kappa shape index (κ2) is 15.6. The van der Waals surface area contributed by atoms with Gasteiger partial charge in [-0.15, -0.1) is 0 Å². The number of nitrogens with one attached hydrogen (secondary N) is 1. The third-order valence-electron chi connectivity index (χ3n) is 10.9. The fraction of sp³-hybridized carbons (Fsp3) is 0.318. The van der Waals surface area contributed by atoms with Gasteiger partial charge in [0.1, 0.15) is 17.3 Å². The maximum atomic E-state index is 13.6. The lowest BCUT2D eigenvalue weighted by Crippen LogP contribution is -2.54. The molecule has 2 fully saturated rings. The summed E-state index contributed by atoms with van der Waals surface area (Å²) in [6.07, 6.45) is -0.524. The minimum atomic E-state index is -4.64. The standard InChI is InChI=1S/C44H41F3N4O7/c1-26-12-17-31(25-34(26)44(45,46)47)49-41(56)43(2,3)51(42(49)57)30-18-13-27(14-19-30)28-15-20-32(21-16-28)58-24-7-5-4-6-9-29-10-8-11-33-37(29)40(55)50(39(33)54)35-22-23-36(52)48-38(35)53/h8,10-21,25,35H,4-7,9,22-24H2,1-3H3,(H,48,52,53). The lowest BCUT2D eigenvalue weighted by Gasteiger charge is -2.27. The summed E-state index contributed by atoms with van der Waals surface area (Å²) in [6, 6.07) is 21.4. The van der Waals surface area contributed by atoms with Gasteiger partial charge in [-0.3, -0.25) is 39.1 Å². The first-order valence-electron chi connectivity index (χ1n) is 19.1. The molecule has 0 bridgehead atoms. The number of halogens is 3. The number of nitrogens with zero attached hydrogens (tertiary/aromatic N) is 3. The van der Waals surface area contributed by atoms with Crippen LogP contribution in [0.15, 0.2) is 84.9 Å². The summed E-state index contributed by atoms with van der Waals surface area (Å²) in [5.74, 6) is -2.00. The topological polar surface area (TPSA) is 133 Å². The smallest absolute Gasteiger partial charge is 0.416 e. The Morgan fingerprint density at radius 2 is 1.45 bits per heavy atom. The van der Waals surface area contributed by atoms with E-state index >= 15 is 0 Å². The highest BCUT2D eigenvalue weighted by Gasteiger charge is 2.53. The van der Waals surface area contributed by atoms with Crippen LogP contribution < -0.4 is 19.9 Å². The van der Waals surface area contributed by atoms with E-state index in [1.807, 2.05) is 30.3 Å². The van der Waals surface area contributed by atoms with Crippen LogP contribution in [-0.4, -0.2) is 58.7 Å². The molecule has 1 unspecified atom stereocenters. The molecule has 7 amide bonds. The van der Waals surface area contributed by atoms with Crippen LogP contribution in [-0.2, 0) is 27.0 Å². The van der Waals surface area contributed by atoms with Gasteiger partial charge >= 0.3 is 12.2 Å². The van der Waals surface area contributed by atoms with Crippen molar-refractivity contribution in [3.63, 3.8) is 0 Å². The van der Waals surface area contributed by atoms with Crippen LogP contribution in [0.1, 0.15) is 89.8 Å². The van der Waals surface area contributed by atoms with Gasteiger partial charge in [-0.1, -0.05) is 55.3 Å². The molecule has 7 rings (SSSR count). The molecule has 3 aliphatic rings. The number of ether oxygens (including phenoxy) is 1. The minimum Gasteiger partial charge on any atom is -0.494 e. The fourth-order valence-corrected chi connectivity index (χ4v) is 7.81. The quantitative estimate of drug-likeness (QED) is 0.0873. The van der Waals surface area contributed by atoms with E-state index in [-0.39, 0.29) is 29.7 Å². The molecule has 1 atom stereocenters. The molecular weight excluding hydrogens is 753 g/mol. The second-order valence-corrected chi connectivity index (χ2v) is 15.2. The number of alkyl halides is 3. The van der Waals surface area contributed by atoms with Gasteiger partial charge in [0.2, 0.25) is 11.8 Å². The van der Waals surface area contributed by atoms with Crippen LogP contribution in [0.3, 0.4) is 0 Å². The number of rotatable bonds is 12. The Morgan fingerprint density at radius 3 is 2.12 bits per heavy atom. The average molecular weight is 795 g/mol. The molecule has 14 heteroatoms. The fourth-order valence-electron chi connectivity index (χ4n) is 7.81. The van der Waals surface area contributed by atoms with Crippen molar-refractivity contribution in [3.8, 4) is 16.9 Å². The molecule has 1 N–H and O–H groups in total. The Morgan fingerprint density at radius 1 is 0.793 bits per heavy atom. The summed E-state index contributed by atoms with van der Waals surface area (Å²) < 4.78 is 46.8. The zero-order valence-corrected chi connectivity index (χ0v) is 32.2. The number of amides is 7. The molecule has 4 aromatic rings. The van der Waals surface area contributed by atoms with Gasteiger partial charge in [0.05, 0.1) is 29.0 Å². The molecule has 11 nitrogen and oxygen atoms in total. The number of aryl methyl sites for hydroxylation is 2. The van der Waals surface area contributed by atoms with Gasteiger partial charge in [0.25, 0.3) is 17.7 Å². The maximum absolute atomic E-state index is 13.6. The number of hydrogen-bond donors (Lipinski definition) is 1. The number of anilines is 2. The first-order valence-corrected chi connectivity index (χ1v) is 19.1. The maximum Gasteiger partial charge on any atom is 0.416 e. The summed E-state index contributed by atoms with van der Waals surface area (Å²) in [5.41, 5.74) is 1.11. The van der Waals surface area contributed by atoms with E-state index < -0.39 is 58.9 Å².